The highest BCUT2D eigenvalue weighted by Gasteiger charge is 2.27. The molecule has 0 bridgehead atoms. The van der Waals surface area contributed by atoms with Gasteiger partial charge in [0.05, 0.1) is 6.61 Å². The maximum Gasteiger partial charge on any atom is 0.408 e. The summed E-state index contributed by atoms with van der Waals surface area (Å²) in [7, 11) is 0. The van der Waals surface area contributed by atoms with Crippen LogP contribution in [-0.2, 0) is 37.0 Å². The number of carbonyl (C=O) groups excluding carboxylic acids is 5. The summed E-state index contributed by atoms with van der Waals surface area (Å²) in [5, 5.41) is 22.9. The molecule has 0 spiro atoms. The van der Waals surface area contributed by atoms with Crippen molar-refractivity contribution in [2.75, 3.05) is 18.4 Å². The lowest BCUT2D eigenvalue weighted by Crippen LogP contribution is -2.52. The number of unbranched alkanes of at least 4 members (excludes halogenated alkanes) is 2. The van der Waals surface area contributed by atoms with Gasteiger partial charge in [-0.05, 0) is 103 Å². The summed E-state index contributed by atoms with van der Waals surface area (Å²) in [6, 6.07) is 13.7. The van der Waals surface area contributed by atoms with E-state index in [1.807, 2.05) is 18.2 Å². The summed E-state index contributed by atoms with van der Waals surface area (Å²) in [6.45, 7) is 11.0. The van der Waals surface area contributed by atoms with Crippen LogP contribution in [0.5, 0.6) is 0 Å². The number of hydrogen-bond acceptors (Lipinski definition) is 9. The Balaban J connectivity index is 2.10. The number of benzene rings is 2. The van der Waals surface area contributed by atoms with E-state index >= 15 is 0 Å². The summed E-state index contributed by atoms with van der Waals surface area (Å²) in [4.78, 5) is 64.0. The average molecular weight is 714 g/mol. The molecule has 6 N–H and O–H groups in total. The lowest BCUT2D eigenvalue weighted by molar-refractivity contribution is -0.128. The molecule has 0 aliphatic heterocycles. The van der Waals surface area contributed by atoms with Crippen LogP contribution >= 0.6 is 0 Å². The molecule has 0 saturated heterocycles. The molecule has 0 saturated carbocycles. The van der Waals surface area contributed by atoms with Gasteiger partial charge in [0, 0.05) is 18.8 Å². The number of rotatable bonds is 18. The number of hydrogen-bond donors (Lipinski definition) is 6. The number of alkyl carbamates (subject to hydrolysis) is 3. The fraction of sp³-hybridized carbons (Fsp3) is 0.541. The van der Waals surface area contributed by atoms with Crippen molar-refractivity contribution in [3.05, 3.63) is 65.7 Å². The molecule has 0 fully saturated rings. The molecule has 0 heterocycles. The van der Waals surface area contributed by atoms with E-state index in [2.05, 4.69) is 26.6 Å². The van der Waals surface area contributed by atoms with Crippen molar-refractivity contribution in [1.29, 1.82) is 0 Å². The smallest absolute Gasteiger partial charge is 0.408 e. The van der Waals surface area contributed by atoms with E-state index in [1.54, 1.807) is 77.9 Å². The Bertz CT molecular complexity index is 1390. The van der Waals surface area contributed by atoms with Gasteiger partial charge in [-0.15, -0.1) is 0 Å². The van der Waals surface area contributed by atoms with Crippen molar-refractivity contribution in [2.24, 2.45) is 0 Å². The third-order valence-electron chi connectivity index (χ3n) is 7.03. The van der Waals surface area contributed by atoms with E-state index < -0.39 is 53.4 Å². The van der Waals surface area contributed by atoms with E-state index in [1.165, 1.54) is 0 Å². The number of aliphatic hydroxyl groups is 1. The molecule has 2 rings (SSSR count). The molecule has 0 aromatic heterocycles. The number of anilines is 1. The number of nitrogens with one attached hydrogen (secondary N) is 5. The van der Waals surface area contributed by atoms with Crippen LogP contribution in [0.3, 0.4) is 0 Å². The zero-order valence-corrected chi connectivity index (χ0v) is 30.6. The van der Waals surface area contributed by atoms with E-state index in [0.29, 0.717) is 50.0 Å². The van der Waals surface area contributed by atoms with Crippen LogP contribution in [0.15, 0.2) is 54.6 Å². The first-order valence-corrected chi connectivity index (χ1v) is 17.3. The fourth-order valence-electron chi connectivity index (χ4n) is 4.60. The number of amides is 5. The van der Waals surface area contributed by atoms with E-state index in [0.717, 1.165) is 5.56 Å². The Morgan fingerprint density at radius 1 is 0.627 bits per heavy atom. The van der Waals surface area contributed by atoms with Gasteiger partial charge in [0.2, 0.25) is 11.8 Å². The normalized spacial score (nSPS) is 12.5. The third-order valence-corrected chi connectivity index (χ3v) is 7.03. The van der Waals surface area contributed by atoms with Crippen molar-refractivity contribution in [1.82, 2.24) is 21.3 Å². The Kier molecular flexibility index (Phi) is 17.7. The minimum atomic E-state index is -1.05. The highest BCUT2D eigenvalue weighted by Crippen LogP contribution is 2.13. The summed E-state index contributed by atoms with van der Waals surface area (Å²) < 4.78 is 15.9. The van der Waals surface area contributed by atoms with E-state index in [-0.39, 0.29) is 26.1 Å². The summed E-state index contributed by atoms with van der Waals surface area (Å²) in [5.74, 6) is -1.07. The van der Waals surface area contributed by atoms with E-state index in [4.69, 9.17) is 14.2 Å². The summed E-state index contributed by atoms with van der Waals surface area (Å²) in [6.07, 6.45) is 0.412. The monoisotopic (exact) mass is 713 g/mol. The fourth-order valence-corrected chi connectivity index (χ4v) is 4.60. The van der Waals surface area contributed by atoms with Gasteiger partial charge in [-0.3, -0.25) is 9.59 Å². The van der Waals surface area contributed by atoms with Crippen molar-refractivity contribution in [3.63, 3.8) is 0 Å². The highest BCUT2D eigenvalue weighted by atomic mass is 16.6. The Morgan fingerprint density at radius 2 is 1.14 bits per heavy atom. The average Bonchev–Trinajstić information content (AvgIpc) is 3.05. The van der Waals surface area contributed by atoms with Crippen LogP contribution in [0.4, 0.5) is 20.1 Å². The Hall–Kier alpha value is -4.85. The number of ether oxygens (including phenoxy) is 3. The first-order chi connectivity index (χ1) is 24.0. The van der Waals surface area contributed by atoms with Crippen LogP contribution in [0.2, 0.25) is 0 Å². The molecule has 0 unspecified atom stereocenters. The Labute approximate surface area is 300 Å². The zero-order chi connectivity index (χ0) is 37.9. The topological polar surface area (TPSA) is 193 Å². The van der Waals surface area contributed by atoms with Crippen molar-refractivity contribution in [2.45, 2.75) is 117 Å². The number of carbonyl (C=O) groups is 5. The molecular weight excluding hydrogens is 658 g/mol. The maximum atomic E-state index is 13.7. The van der Waals surface area contributed by atoms with Gasteiger partial charge in [-0.1, -0.05) is 42.5 Å². The predicted octanol–water partition coefficient (Wildman–Crippen LogP) is 5.29. The van der Waals surface area contributed by atoms with Gasteiger partial charge in [0.1, 0.15) is 29.9 Å². The lowest BCUT2D eigenvalue weighted by atomic mass is 10.1. The van der Waals surface area contributed by atoms with Gasteiger partial charge >= 0.3 is 18.3 Å². The first kappa shape index (κ1) is 42.3. The van der Waals surface area contributed by atoms with E-state index in [9.17, 15) is 29.1 Å². The molecule has 0 radical (unpaired) electrons. The first-order valence-electron chi connectivity index (χ1n) is 17.3. The molecule has 5 amide bonds. The maximum absolute atomic E-state index is 13.7. The van der Waals surface area contributed by atoms with Crippen molar-refractivity contribution in [3.8, 4) is 0 Å². The van der Waals surface area contributed by atoms with Crippen molar-refractivity contribution >= 4 is 35.8 Å². The second-order valence-corrected chi connectivity index (χ2v) is 14.0. The van der Waals surface area contributed by atoms with Crippen LogP contribution in [0, 0.1) is 0 Å². The molecule has 14 heteroatoms. The quantitative estimate of drug-likeness (QED) is 0.0880. The minimum absolute atomic E-state index is 0.00173. The van der Waals surface area contributed by atoms with Crippen LogP contribution in [-0.4, -0.2) is 71.6 Å². The van der Waals surface area contributed by atoms with Crippen LogP contribution in [0.1, 0.15) is 91.2 Å². The second kappa shape index (κ2) is 21.4. The van der Waals surface area contributed by atoms with Gasteiger partial charge in [0.25, 0.3) is 0 Å². The standard InChI is InChI=1S/C37H55N5O9/c1-36(2,3)50-33(46)38-22-12-10-16-29(31(44)40-28-20-18-26(24-43)19-21-28)41-32(45)30(17-11-13-23-39-34(47)51-37(4,5)6)42-35(48)49-25-27-14-8-7-9-15-27/h7-9,14-15,18-21,29-30,43H,10-13,16-17,22-25H2,1-6H3,(H,38,46)(H,39,47)(H,40,44)(H,41,45)(H,42,48)/t29-,30-/m0/s1. The molecule has 282 valence electrons. The molecular formula is C37H55N5O9. The number of aliphatic hydroxyl groups excluding tert-OH is 1. The Morgan fingerprint density at radius 3 is 1.63 bits per heavy atom. The lowest BCUT2D eigenvalue weighted by Gasteiger charge is -2.23. The molecule has 2 atom stereocenters. The summed E-state index contributed by atoms with van der Waals surface area (Å²) >= 11 is 0. The summed E-state index contributed by atoms with van der Waals surface area (Å²) in [5.41, 5.74) is 0.633. The second-order valence-electron chi connectivity index (χ2n) is 14.0. The molecule has 2 aromatic rings. The SMILES string of the molecule is CC(C)(C)OC(=O)NCCCC[C@H](NC(=O)OCc1ccccc1)C(=O)N[C@@H](CCCCNC(=O)OC(C)(C)C)C(=O)Nc1ccc(CO)cc1. The minimum Gasteiger partial charge on any atom is -0.445 e. The van der Waals surface area contributed by atoms with Crippen LogP contribution in [0.25, 0.3) is 0 Å². The molecule has 14 nitrogen and oxygen atoms in total. The van der Waals surface area contributed by atoms with Gasteiger partial charge in [-0.2, -0.15) is 0 Å². The van der Waals surface area contributed by atoms with Gasteiger partial charge < -0.3 is 45.9 Å². The predicted molar refractivity (Wildman–Crippen MR) is 193 cm³/mol. The highest BCUT2D eigenvalue weighted by molar-refractivity contribution is 5.98. The van der Waals surface area contributed by atoms with Gasteiger partial charge in [0.15, 0.2) is 0 Å². The van der Waals surface area contributed by atoms with Crippen LogP contribution < -0.4 is 26.6 Å². The molecule has 2 aromatic carbocycles. The molecule has 51 heavy (non-hydrogen) atoms. The molecule has 0 aliphatic carbocycles. The van der Waals surface area contributed by atoms with Crippen molar-refractivity contribution < 1.29 is 43.3 Å². The van der Waals surface area contributed by atoms with Gasteiger partial charge in [-0.25, -0.2) is 14.4 Å². The zero-order valence-electron chi connectivity index (χ0n) is 30.6. The molecule has 0 aliphatic rings. The largest absolute Gasteiger partial charge is 0.445 e. The third kappa shape index (κ3) is 19.2.